The summed E-state index contributed by atoms with van der Waals surface area (Å²) in [5.74, 6) is 2.48. The van der Waals surface area contributed by atoms with Crippen molar-refractivity contribution >= 4 is 5.78 Å². The van der Waals surface area contributed by atoms with Gasteiger partial charge in [0, 0.05) is 12.5 Å². The zero-order valence-electron chi connectivity index (χ0n) is 5.84. The molecule has 1 fully saturated rings. The summed E-state index contributed by atoms with van der Waals surface area (Å²) in [6, 6.07) is 0.315. The van der Waals surface area contributed by atoms with Gasteiger partial charge in [-0.3, -0.25) is 4.79 Å². The minimum absolute atomic E-state index is 0.0862. The van der Waals surface area contributed by atoms with Crippen LogP contribution in [0.3, 0.4) is 0 Å². The maximum absolute atomic E-state index is 10.6. The quantitative estimate of drug-likeness (QED) is 0.440. The summed E-state index contributed by atoms with van der Waals surface area (Å²) < 4.78 is 0. The van der Waals surface area contributed by atoms with Crippen molar-refractivity contribution in [3.63, 3.8) is 0 Å². The van der Waals surface area contributed by atoms with Crippen molar-refractivity contribution in [3.8, 4) is 12.3 Å². The number of nitrogens with two attached hydrogens (primary N) is 1. The SMILES string of the molecule is C#CC(=O)CC1CC(N)C1. The first-order valence-electron chi connectivity index (χ1n) is 3.47. The predicted octanol–water partition coefficient (Wildman–Crippen LogP) is 0.316. The maximum Gasteiger partial charge on any atom is 0.205 e. The van der Waals surface area contributed by atoms with E-state index in [0.29, 0.717) is 18.4 Å². The van der Waals surface area contributed by atoms with E-state index in [1.54, 1.807) is 0 Å². The van der Waals surface area contributed by atoms with Crippen LogP contribution in [0.5, 0.6) is 0 Å². The zero-order chi connectivity index (χ0) is 7.56. The average Bonchev–Trinajstić information content (AvgIpc) is 1.84. The third-order valence-corrected chi connectivity index (χ3v) is 1.91. The Balaban J connectivity index is 2.18. The Hall–Kier alpha value is -0.810. The molecule has 1 aliphatic carbocycles. The zero-order valence-corrected chi connectivity index (χ0v) is 5.84. The molecule has 1 saturated carbocycles. The van der Waals surface area contributed by atoms with Gasteiger partial charge in [0.2, 0.25) is 5.78 Å². The third kappa shape index (κ3) is 1.58. The molecule has 0 bridgehead atoms. The van der Waals surface area contributed by atoms with Crippen molar-refractivity contribution < 1.29 is 4.79 Å². The van der Waals surface area contributed by atoms with E-state index in [4.69, 9.17) is 12.2 Å². The van der Waals surface area contributed by atoms with Crippen molar-refractivity contribution in [2.45, 2.75) is 25.3 Å². The first kappa shape index (κ1) is 7.30. The third-order valence-electron chi connectivity index (χ3n) is 1.91. The number of hydrogen-bond acceptors (Lipinski definition) is 2. The lowest BCUT2D eigenvalue weighted by Crippen LogP contribution is -2.37. The molecule has 2 heteroatoms. The second-order valence-corrected chi connectivity index (χ2v) is 2.87. The minimum Gasteiger partial charge on any atom is -0.328 e. The summed E-state index contributed by atoms with van der Waals surface area (Å²) in [6.07, 6.45) is 7.37. The van der Waals surface area contributed by atoms with Gasteiger partial charge in [-0.25, -0.2) is 0 Å². The topological polar surface area (TPSA) is 43.1 Å². The summed E-state index contributed by atoms with van der Waals surface area (Å²) in [5.41, 5.74) is 5.52. The lowest BCUT2D eigenvalue weighted by atomic mass is 9.78. The van der Waals surface area contributed by atoms with Crippen LogP contribution in [0.4, 0.5) is 0 Å². The van der Waals surface area contributed by atoms with Gasteiger partial charge < -0.3 is 5.73 Å². The van der Waals surface area contributed by atoms with Crippen LogP contribution in [0, 0.1) is 18.3 Å². The molecule has 54 valence electrons. The van der Waals surface area contributed by atoms with Gasteiger partial charge in [-0.2, -0.15) is 0 Å². The van der Waals surface area contributed by atoms with E-state index in [0.717, 1.165) is 12.8 Å². The Morgan fingerprint density at radius 1 is 1.70 bits per heavy atom. The molecule has 0 spiro atoms. The molecule has 2 N–H and O–H groups in total. The summed E-state index contributed by atoms with van der Waals surface area (Å²) in [4.78, 5) is 10.6. The normalized spacial score (nSPS) is 30.4. The summed E-state index contributed by atoms with van der Waals surface area (Å²) in [5, 5.41) is 0. The number of ketones is 1. The first-order valence-corrected chi connectivity index (χ1v) is 3.47. The van der Waals surface area contributed by atoms with Crippen LogP contribution in [0.15, 0.2) is 0 Å². The van der Waals surface area contributed by atoms with Crippen LogP contribution in [0.2, 0.25) is 0 Å². The number of rotatable bonds is 2. The molecule has 0 radical (unpaired) electrons. The number of Topliss-reactive ketones (excluding diaryl/α,β-unsaturated/α-hetero) is 1. The van der Waals surface area contributed by atoms with Gasteiger partial charge in [0.15, 0.2) is 0 Å². The Labute approximate surface area is 60.8 Å². The molecule has 1 aliphatic rings. The highest BCUT2D eigenvalue weighted by Crippen LogP contribution is 2.28. The van der Waals surface area contributed by atoms with Crippen LogP contribution >= 0.6 is 0 Å². The van der Waals surface area contributed by atoms with Gasteiger partial charge in [-0.05, 0) is 24.7 Å². The number of hydrogen-bond donors (Lipinski definition) is 1. The van der Waals surface area contributed by atoms with Crippen LogP contribution in [-0.4, -0.2) is 11.8 Å². The molecule has 0 aromatic carbocycles. The predicted molar refractivity (Wildman–Crippen MR) is 39.2 cm³/mol. The Bertz CT molecular complexity index is 174. The smallest absolute Gasteiger partial charge is 0.205 e. The molecule has 0 aromatic rings. The van der Waals surface area contributed by atoms with Crippen LogP contribution in [0.1, 0.15) is 19.3 Å². The van der Waals surface area contributed by atoms with Crippen LogP contribution in [0.25, 0.3) is 0 Å². The Kier molecular flexibility index (Phi) is 2.08. The second kappa shape index (κ2) is 2.85. The highest BCUT2D eigenvalue weighted by Gasteiger charge is 2.26. The van der Waals surface area contributed by atoms with Crippen molar-refractivity contribution in [2.24, 2.45) is 11.7 Å². The van der Waals surface area contributed by atoms with Crippen molar-refractivity contribution in [2.75, 3.05) is 0 Å². The van der Waals surface area contributed by atoms with E-state index in [1.807, 2.05) is 0 Å². The minimum atomic E-state index is -0.0862. The van der Waals surface area contributed by atoms with Crippen molar-refractivity contribution in [1.29, 1.82) is 0 Å². The van der Waals surface area contributed by atoms with Crippen LogP contribution in [-0.2, 0) is 4.79 Å². The highest BCUT2D eigenvalue weighted by atomic mass is 16.1. The number of terminal acetylenes is 1. The van der Waals surface area contributed by atoms with Gasteiger partial charge >= 0.3 is 0 Å². The molecule has 0 heterocycles. The molecule has 10 heavy (non-hydrogen) atoms. The van der Waals surface area contributed by atoms with E-state index in [9.17, 15) is 4.79 Å². The van der Waals surface area contributed by atoms with Crippen molar-refractivity contribution in [3.05, 3.63) is 0 Å². The van der Waals surface area contributed by atoms with Gasteiger partial charge in [-0.15, -0.1) is 6.42 Å². The fourth-order valence-electron chi connectivity index (χ4n) is 1.28. The van der Waals surface area contributed by atoms with Gasteiger partial charge in [0.25, 0.3) is 0 Å². The fraction of sp³-hybridized carbons (Fsp3) is 0.625. The monoisotopic (exact) mass is 137 g/mol. The van der Waals surface area contributed by atoms with E-state index in [2.05, 4.69) is 5.92 Å². The molecule has 0 aromatic heterocycles. The molecular weight excluding hydrogens is 126 g/mol. The van der Waals surface area contributed by atoms with E-state index in [-0.39, 0.29) is 5.78 Å². The summed E-state index contributed by atoms with van der Waals surface area (Å²) in [6.45, 7) is 0. The van der Waals surface area contributed by atoms with Crippen LogP contribution < -0.4 is 5.73 Å². The number of carbonyl (C=O) groups excluding carboxylic acids is 1. The fourth-order valence-corrected chi connectivity index (χ4v) is 1.28. The molecule has 0 saturated heterocycles. The molecular formula is C8H11NO. The Morgan fingerprint density at radius 2 is 2.30 bits per heavy atom. The molecule has 1 rings (SSSR count). The van der Waals surface area contributed by atoms with E-state index >= 15 is 0 Å². The summed E-state index contributed by atoms with van der Waals surface area (Å²) >= 11 is 0. The van der Waals surface area contributed by atoms with Gasteiger partial charge in [-0.1, -0.05) is 0 Å². The largest absolute Gasteiger partial charge is 0.328 e. The second-order valence-electron chi connectivity index (χ2n) is 2.87. The average molecular weight is 137 g/mol. The molecule has 0 aliphatic heterocycles. The molecule has 0 unspecified atom stereocenters. The summed E-state index contributed by atoms with van der Waals surface area (Å²) in [7, 11) is 0. The molecule has 0 amide bonds. The van der Waals surface area contributed by atoms with E-state index in [1.165, 1.54) is 0 Å². The highest BCUT2D eigenvalue weighted by molar-refractivity contribution is 5.95. The molecule has 2 nitrogen and oxygen atoms in total. The number of carbonyl (C=O) groups is 1. The standard InChI is InChI=1S/C8H11NO/c1-2-8(10)5-6-3-7(9)4-6/h1,6-7H,3-5,9H2. The lowest BCUT2D eigenvalue weighted by molar-refractivity contribution is -0.115. The van der Waals surface area contributed by atoms with E-state index < -0.39 is 0 Å². The lowest BCUT2D eigenvalue weighted by Gasteiger charge is -2.31. The van der Waals surface area contributed by atoms with Crippen molar-refractivity contribution in [1.82, 2.24) is 0 Å². The van der Waals surface area contributed by atoms with Gasteiger partial charge in [0.1, 0.15) is 0 Å². The first-order chi connectivity index (χ1) is 4.72. The molecule has 0 atom stereocenters. The van der Waals surface area contributed by atoms with Gasteiger partial charge in [0.05, 0.1) is 0 Å². The Morgan fingerprint density at radius 3 is 2.70 bits per heavy atom. The maximum atomic E-state index is 10.6.